The Morgan fingerprint density at radius 2 is 2.05 bits per heavy atom. The smallest absolute Gasteiger partial charge is 0.141 e. The van der Waals surface area contributed by atoms with Gasteiger partial charge < -0.3 is 5.73 Å². The van der Waals surface area contributed by atoms with Crippen LogP contribution in [0.15, 0.2) is 41.3 Å². The largest absolute Gasteiger partial charge is 0.398 e. The van der Waals surface area contributed by atoms with Crippen LogP contribution in [0.4, 0.5) is 10.1 Å². The lowest BCUT2D eigenvalue weighted by molar-refractivity contribution is 0.627. The fraction of sp³-hybridized carbons (Fsp3) is 0.143. The van der Waals surface area contributed by atoms with Gasteiger partial charge in [-0.05, 0) is 36.2 Å². The summed E-state index contributed by atoms with van der Waals surface area (Å²) in [6, 6.07) is 9.76. The average molecular weight is 298 g/mol. The van der Waals surface area contributed by atoms with Crippen LogP contribution in [0.25, 0.3) is 0 Å². The highest BCUT2D eigenvalue weighted by Gasteiger charge is 2.11. The average Bonchev–Trinajstić information content (AvgIpc) is 2.37. The van der Waals surface area contributed by atoms with Crippen LogP contribution >= 0.6 is 11.6 Å². The van der Waals surface area contributed by atoms with Crippen molar-refractivity contribution in [1.82, 2.24) is 0 Å². The zero-order chi connectivity index (χ0) is 14.0. The molecule has 1 unspecified atom stereocenters. The van der Waals surface area contributed by atoms with Crippen LogP contribution in [0, 0.1) is 12.7 Å². The summed E-state index contributed by atoms with van der Waals surface area (Å²) < 4.78 is 25.3. The normalized spacial score (nSPS) is 12.4. The highest BCUT2D eigenvalue weighted by molar-refractivity contribution is 7.84. The van der Waals surface area contributed by atoms with E-state index in [0.717, 1.165) is 5.56 Å². The van der Waals surface area contributed by atoms with Gasteiger partial charge >= 0.3 is 0 Å². The molecular formula is C14H13ClFNOS. The maximum Gasteiger partial charge on any atom is 0.141 e. The number of nitrogen functional groups attached to an aromatic ring is 1. The zero-order valence-corrected chi connectivity index (χ0v) is 11.9. The second-order valence-electron chi connectivity index (χ2n) is 4.23. The lowest BCUT2D eigenvalue weighted by atomic mass is 10.2. The third-order valence-corrected chi connectivity index (χ3v) is 4.54. The van der Waals surface area contributed by atoms with Crippen molar-refractivity contribution in [2.24, 2.45) is 0 Å². The molecule has 2 nitrogen and oxygen atoms in total. The van der Waals surface area contributed by atoms with Gasteiger partial charge in [0.1, 0.15) is 5.82 Å². The molecule has 0 radical (unpaired) electrons. The van der Waals surface area contributed by atoms with E-state index in [0.29, 0.717) is 16.1 Å². The third-order valence-electron chi connectivity index (χ3n) is 2.81. The Hall–Kier alpha value is -1.39. The Bertz CT molecular complexity index is 645. The molecule has 0 aliphatic carbocycles. The molecule has 2 rings (SSSR count). The van der Waals surface area contributed by atoms with Crippen LogP contribution in [0.3, 0.4) is 0 Å². The third kappa shape index (κ3) is 3.14. The van der Waals surface area contributed by atoms with Gasteiger partial charge in [0, 0.05) is 0 Å². The van der Waals surface area contributed by atoms with Gasteiger partial charge in [-0.1, -0.05) is 29.8 Å². The van der Waals surface area contributed by atoms with E-state index in [-0.39, 0.29) is 10.8 Å². The molecule has 1 atom stereocenters. The molecule has 0 aliphatic rings. The molecule has 0 spiro atoms. The highest BCUT2D eigenvalue weighted by Crippen LogP contribution is 2.23. The summed E-state index contributed by atoms with van der Waals surface area (Å²) in [5.74, 6) is -0.223. The van der Waals surface area contributed by atoms with Crippen LogP contribution in [0.2, 0.25) is 5.02 Å². The highest BCUT2D eigenvalue weighted by atomic mass is 35.5. The first-order valence-corrected chi connectivity index (χ1v) is 7.36. The quantitative estimate of drug-likeness (QED) is 0.878. The molecule has 19 heavy (non-hydrogen) atoms. The van der Waals surface area contributed by atoms with E-state index in [1.165, 1.54) is 12.1 Å². The van der Waals surface area contributed by atoms with Crippen LogP contribution in [-0.2, 0) is 16.6 Å². The maximum absolute atomic E-state index is 13.0. The number of rotatable bonds is 3. The summed E-state index contributed by atoms with van der Waals surface area (Å²) in [7, 11) is -1.28. The van der Waals surface area contributed by atoms with Crippen molar-refractivity contribution in [3.05, 3.63) is 58.4 Å². The Labute approximate surface area is 118 Å². The monoisotopic (exact) mass is 297 g/mol. The summed E-state index contributed by atoms with van der Waals surface area (Å²) in [5, 5.41) is 0.0340. The Morgan fingerprint density at radius 3 is 2.74 bits per heavy atom. The number of halogens is 2. The molecule has 0 heterocycles. The van der Waals surface area contributed by atoms with Gasteiger partial charge in [-0.25, -0.2) is 4.39 Å². The summed E-state index contributed by atoms with van der Waals surface area (Å²) in [6.07, 6.45) is 0. The van der Waals surface area contributed by atoms with Gasteiger partial charge in [0.05, 0.1) is 32.2 Å². The molecule has 2 N–H and O–H groups in total. The first-order chi connectivity index (χ1) is 8.99. The predicted molar refractivity (Wildman–Crippen MR) is 77.1 cm³/mol. The van der Waals surface area contributed by atoms with Gasteiger partial charge in [0.25, 0.3) is 0 Å². The van der Waals surface area contributed by atoms with Crippen molar-refractivity contribution < 1.29 is 8.60 Å². The molecule has 0 bridgehead atoms. The van der Waals surface area contributed by atoms with Crippen LogP contribution < -0.4 is 5.73 Å². The van der Waals surface area contributed by atoms with E-state index in [1.807, 2.05) is 19.1 Å². The molecule has 0 saturated heterocycles. The lowest BCUT2D eigenvalue weighted by Gasteiger charge is -2.08. The van der Waals surface area contributed by atoms with E-state index in [2.05, 4.69) is 0 Å². The van der Waals surface area contributed by atoms with E-state index < -0.39 is 16.6 Å². The number of anilines is 1. The van der Waals surface area contributed by atoms with E-state index >= 15 is 0 Å². The Kier molecular flexibility index (Phi) is 4.22. The molecule has 0 aliphatic heterocycles. The molecule has 5 heteroatoms. The predicted octanol–water partition coefficient (Wildman–Crippen LogP) is 3.68. The summed E-state index contributed by atoms with van der Waals surface area (Å²) in [4.78, 5) is 0.598. The van der Waals surface area contributed by atoms with Gasteiger partial charge in [-0.3, -0.25) is 4.21 Å². The molecule has 2 aromatic rings. The van der Waals surface area contributed by atoms with Crippen molar-refractivity contribution in [1.29, 1.82) is 0 Å². The number of hydrogen-bond acceptors (Lipinski definition) is 2. The number of benzene rings is 2. The zero-order valence-electron chi connectivity index (χ0n) is 10.3. The summed E-state index contributed by atoms with van der Waals surface area (Å²) >= 11 is 5.70. The molecule has 0 amide bonds. The molecule has 0 saturated carbocycles. The minimum atomic E-state index is -1.28. The van der Waals surface area contributed by atoms with Gasteiger partial charge in [0.15, 0.2) is 0 Å². The molecule has 100 valence electrons. The van der Waals surface area contributed by atoms with Crippen molar-refractivity contribution >= 4 is 28.1 Å². The second kappa shape index (κ2) is 5.72. The first-order valence-electron chi connectivity index (χ1n) is 5.66. The molecular weight excluding hydrogens is 285 g/mol. The SMILES string of the molecule is Cc1cccc(S(=O)Cc2ccc(F)c(Cl)c2)c1N. The fourth-order valence-corrected chi connectivity index (χ4v) is 3.19. The Morgan fingerprint density at radius 1 is 1.32 bits per heavy atom. The van der Waals surface area contributed by atoms with Crippen LogP contribution in [0.5, 0.6) is 0 Å². The lowest BCUT2D eigenvalue weighted by Crippen LogP contribution is -2.02. The Balaban J connectivity index is 2.26. The molecule has 0 aromatic heterocycles. The summed E-state index contributed by atoms with van der Waals surface area (Å²) in [5.41, 5.74) is 8.05. The number of nitrogens with two attached hydrogens (primary N) is 1. The number of aryl methyl sites for hydroxylation is 1. The molecule has 2 aromatic carbocycles. The minimum absolute atomic E-state index is 0.0340. The second-order valence-corrected chi connectivity index (χ2v) is 6.05. The van der Waals surface area contributed by atoms with Crippen molar-refractivity contribution in [3.8, 4) is 0 Å². The van der Waals surface area contributed by atoms with Crippen molar-refractivity contribution in [3.63, 3.8) is 0 Å². The number of para-hydroxylation sites is 1. The van der Waals surface area contributed by atoms with E-state index in [4.69, 9.17) is 17.3 Å². The van der Waals surface area contributed by atoms with E-state index in [9.17, 15) is 8.60 Å². The molecule has 0 fully saturated rings. The minimum Gasteiger partial charge on any atom is -0.398 e. The van der Waals surface area contributed by atoms with Gasteiger partial charge in [0.2, 0.25) is 0 Å². The number of hydrogen-bond donors (Lipinski definition) is 1. The van der Waals surface area contributed by atoms with Crippen molar-refractivity contribution in [2.75, 3.05) is 5.73 Å². The van der Waals surface area contributed by atoms with Crippen LogP contribution in [0.1, 0.15) is 11.1 Å². The summed E-state index contributed by atoms with van der Waals surface area (Å²) in [6.45, 7) is 1.87. The standard InChI is InChI=1S/C14H13ClFNOS/c1-9-3-2-4-13(14(9)17)19(18)8-10-5-6-12(16)11(15)7-10/h2-7H,8,17H2,1H3. The van der Waals surface area contributed by atoms with Crippen LogP contribution in [-0.4, -0.2) is 4.21 Å². The van der Waals surface area contributed by atoms with Gasteiger partial charge in [-0.15, -0.1) is 0 Å². The first kappa shape index (κ1) is 14.0. The van der Waals surface area contributed by atoms with Gasteiger partial charge in [-0.2, -0.15) is 0 Å². The fourth-order valence-electron chi connectivity index (χ4n) is 1.71. The maximum atomic E-state index is 13.0. The topological polar surface area (TPSA) is 43.1 Å². The van der Waals surface area contributed by atoms with E-state index in [1.54, 1.807) is 12.1 Å². The van der Waals surface area contributed by atoms with Crippen molar-refractivity contribution in [2.45, 2.75) is 17.6 Å².